The van der Waals surface area contributed by atoms with Gasteiger partial charge in [0.15, 0.2) is 0 Å². The van der Waals surface area contributed by atoms with Crippen molar-refractivity contribution in [2.75, 3.05) is 19.5 Å². The minimum atomic E-state index is -0.634. The lowest BCUT2D eigenvalue weighted by Gasteiger charge is -2.43. The summed E-state index contributed by atoms with van der Waals surface area (Å²) in [5.74, 6) is 0.628. The normalized spacial score (nSPS) is 24.2. The average molecular weight is 291 g/mol. The number of ether oxygens (including phenoxy) is 2. The fourth-order valence-electron chi connectivity index (χ4n) is 3.34. The van der Waals surface area contributed by atoms with E-state index in [0.717, 1.165) is 37.1 Å². The number of anilines is 1. The van der Waals surface area contributed by atoms with Crippen LogP contribution in [0.4, 0.5) is 5.69 Å². The molecule has 1 N–H and O–H groups in total. The summed E-state index contributed by atoms with van der Waals surface area (Å²) < 4.78 is 10.2. The number of hydrogen-bond donors (Lipinski definition) is 1. The van der Waals surface area contributed by atoms with Crippen molar-refractivity contribution < 1.29 is 14.3 Å². The zero-order valence-electron chi connectivity index (χ0n) is 13.4. The molecule has 0 saturated heterocycles. The van der Waals surface area contributed by atoms with Crippen LogP contribution in [0.1, 0.15) is 39.5 Å². The Morgan fingerprint density at radius 1 is 1.14 bits per heavy atom. The predicted octanol–water partition coefficient (Wildman–Crippen LogP) is 3.62. The molecule has 0 heterocycles. The number of rotatable bonds is 4. The lowest BCUT2D eigenvalue weighted by Crippen LogP contribution is -2.52. The predicted molar refractivity (Wildman–Crippen MR) is 83.6 cm³/mol. The maximum Gasteiger partial charge on any atom is 0.331 e. The van der Waals surface area contributed by atoms with Crippen molar-refractivity contribution in [2.45, 2.75) is 45.1 Å². The highest BCUT2D eigenvalue weighted by Crippen LogP contribution is 2.43. The van der Waals surface area contributed by atoms with Gasteiger partial charge in [0, 0.05) is 5.69 Å². The molecule has 0 aromatic heterocycles. The molecule has 1 unspecified atom stereocenters. The standard InChI is InChI=1S/C17H25NO3/c1-16(2)10-5-11-17(12-16,15(19)21-4)18-13-6-8-14(20-3)9-7-13/h6-9,18H,5,10-12H2,1-4H3. The van der Waals surface area contributed by atoms with Gasteiger partial charge >= 0.3 is 5.97 Å². The van der Waals surface area contributed by atoms with E-state index in [1.54, 1.807) is 7.11 Å². The maximum absolute atomic E-state index is 12.4. The van der Waals surface area contributed by atoms with Crippen molar-refractivity contribution in [1.82, 2.24) is 0 Å². The van der Waals surface area contributed by atoms with E-state index in [0.29, 0.717) is 0 Å². The third-order valence-electron chi connectivity index (χ3n) is 4.29. The van der Waals surface area contributed by atoms with Gasteiger partial charge in [0.05, 0.1) is 14.2 Å². The zero-order chi connectivity index (χ0) is 15.5. The lowest BCUT2D eigenvalue weighted by molar-refractivity contribution is -0.148. The van der Waals surface area contributed by atoms with Crippen LogP contribution in [0.25, 0.3) is 0 Å². The van der Waals surface area contributed by atoms with Gasteiger partial charge in [0.1, 0.15) is 11.3 Å². The summed E-state index contributed by atoms with van der Waals surface area (Å²) in [5, 5.41) is 3.42. The van der Waals surface area contributed by atoms with Crippen molar-refractivity contribution in [3.63, 3.8) is 0 Å². The fraction of sp³-hybridized carbons (Fsp3) is 0.588. The van der Waals surface area contributed by atoms with Gasteiger partial charge in [0.25, 0.3) is 0 Å². The Bertz CT molecular complexity index is 495. The highest BCUT2D eigenvalue weighted by molar-refractivity contribution is 5.84. The van der Waals surface area contributed by atoms with Crippen molar-refractivity contribution in [2.24, 2.45) is 5.41 Å². The largest absolute Gasteiger partial charge is 0.497 e. The van der Waals surface area contributed by atoms with Gasteiger partial charge in [-0.3, -0.25) is 0 Å². The van der Waals surface area contributed by atoms with E-state index in [9.17, 15) is 4.79 Å². The molecule has 0 bridgehead atoms. The van der Waals surface area contributed by atoms with Crippen molar-refractivity contribution in [1.29, 1.82) is 0 Å². The van der Waals surface area contributed by atoms with Crippen LogP contribution in [-0.2, 0) is 9.53 Å². The first-order valence-corrected chi connectivity index (χ1v) is 7.41. The summed E-state index contributed by atoms with van der Waals surface area (Å²) in [6, 6.07) is 7.65. The topological polar surface area (TPSA) is 47.6 Å². The molecule has 0 aliphatic heterocycles. The SMILES string of the molecule is COC(=O)C1(Nc2ccc(OC)cc2)CCCC(C)(C)C1. The smallest absolute Gasteiger partial charge is 0.331 e. The van der Waals surface area contributed by atoms with Gasteiger partial charge in [0.2, 0.25) is 0 Å². The van der Waals surface area contributed by atoms with E-state index in [1.807, 2.05) is 24.3 Å². The second-order valence-corrected chi connectivity index (χ2v) is 6.62. The Balaban J connectivity index is 2.25. The van der Waals surface area contributed by atoms with Crippen molar-refractivity contribution >= 4 is 11.7 Å². The Kier molecular flexibility index (Phi) is 4.45. The first-order chi connectivity index (χ1) is 9.91. The molecule has 21 heavy (non-hydrogen) atoms. The maximum atomic E-state index is 12.4. The molecule has 0 amide bonds. The van der Waals surface area contributed by atoms with Gasteiger partial charge < -0.3 is 14.8 Å². The molecule has 0 radical (unpaired) electrons. The summed E-state index contributed by atoms with van der Waals surface area (Å²) in [5.41, 5.74) is 0.413. The molecule has 1 aliphatic rings. The van der Waals surface area contributed by atoms with E-state index in [2.05, 4.69) is 19.2 Å². The van der Waals surface area contributed by atoms with Gasteiger partial charge in [-0.15, -0.1) is 0 Å². The molecule has 1 fully saturated rings. The third kappa shape index (κ3) is 3.49. The van der Waals surface area contributed by atoms with Crippen LogP contribution in [0, 0.1) is 5.41 Å². The quantitative estimate of drug-likeness (QED) is 0.861. The fourth-order valence-corrected chi connectivity index (χ4v) is 3.34. The Morgan fingerprint density at radius 2 is 1.81 bits per heavy atom. The minimum Gasteiger partial charge on any atom is -0.497 e. The Labute approximate surface area is 126 Å². The first kappa shape index (κ1) is 15.7. The zero-order valence-corrected chi connectivity index (χ0v) is 13.4. The summed E-state index contributed by atoms with van der Waals surface area (Å²) in [6.45, 7) is 4.42. The van der Waals surface area contributed by atoms with Crippen LogP contribution in [0.15, 0.2) is 24.3 Å². The number of methoxy groups -OCH3 is 2. The molecule has 4 nitrogen and oxygen atoms in total. The minimum absolute atomic E-state index is 0.131. The Morgan fingerprint density at radius 3 is 2.33 bits per heavy atom. The van der Waals surface area contributed by atoms with Crippen LogP contribution < -0.4 is 10.1 Å². The van der Waals surface area contributed by atoms with Gasteiger partial charge in [-0.05, 0) is 55.4 Å². The molecule has 1 atom stereocenters. The van der Waals surface area contributed by atoms with E-state index >= 15 is 0 Å². The van der Waals surface area contributed by atoms with E-state index in [-0.39, 0.29) is 11.4 Å². The summed E-state index contributed by atoms with van der Waals surface area (Å²) in [7, 11) is 3.10. The van der Waals surface area contributed by atoms with E-state index < -0.39 is 5.54 Å². The summed E-state index contributed by atoms with van der Waals surface area (Å²) in [4.78, 5) is 12.4. The lowest BCUT2D eigenvalue weighted by atomic mass is 9.68. The number of nitrogens with one attached hydrogen (secondary N) is 1. The van der Waals surface area contributed by atoms with Gasteiger partial charge in [-0.1, -0.05) is 13.8 Å². The summed E-state index contributed by atoms with van der Waals surface area (Å²) >= 11 is 0. The molecule has 4 heteroatoms. The van der Waals surface area contributed by atoms with Gasteiger partial charge in [-0.2, -0.15) is 0 Å². The van der Waals surface area contributed by atoms with Crippen molar-refractivity contribution in [3.8, 4) is 5.75 Å². The van der Waals surface area contributed by atoms with Crippen LogP contribution in [0.2, 0.25) is 0 Å². The van der Waals surface area contributed by atoms with E-state index in [1.165, 1.54) is 7.11 Å². The van der Waals surface area contributed by atoms with Crippen molar-refractivity contribution in [3.05, 3.63) is 24.3 Å². The number of carbonyl (C=O) groups is 1. The molecule has 1 aliphatic carbocycles. The monoisotopic (exact) mass is 291 g/mol. The van der Waals surface area contributed by atoms with Crippen LogP contribution in [-0.4, -0.2) is 25.7 Å². The molecule has 1 aromatic carbocycles. The molecule has 2 rings (SSSR count). The number of benzene rings is 1. The van der Waals surface area contributed by atoms with Crippen LogP contribution >= 0.6 is 0 Å². The average Bonchev–Trinajstić information content (AvgIpc) is 2.46. The van der Waals surface area contributed by atoms with Crippen LogP contribution in [0.3, 0.4) is 0 Å². The molecule has 1 saturated carbocycles. The molecular formula is C17H25NO3. The Hall–Kier alpha value is -1.71. The summed E-state index contributed by atoms with van der Waals surface area (Å²) in [6.07, 6.45) is 3.73. The molecular weight excluding hydrogens is 266 g/mol. The highest BCUT2D eigenvalue weighted by atomic mass is 16.5. The first-order valence-electron chi connectivity index (χ1n) is 7.41. The number of hydrogen-bond acceptors (Lipinski definition) is 4. The molecule has 1 aromatic rings. The van der Waals surface area contributed by atoms with E-state index in [4.69, 9.17) is 9.47 Å². The highest BCUT2D eigenvalue weighted by Gasteiger charge is 2.46. The number of esters is 1. The third-order valence-corrected chi connectivity index (χ3v) is 4.29. The second kappa shape index (κ2) is 5.96. The molecule has 116 valence electrons. The van der Waals surface area contributed by atoms with Gasteiger partial charge in [-0.25, -0.2) is 4.79 Å². The molecule has 0 spiro atoms. The second-order valence-electron chi connectivity index (χ2n) is 6.62. The van der Waals surface area contributed by atoms with Crippen LogP contribution in [0.5, 0.6) is 5.75 Å². The number of carbonyl (C=O) groups excluding carboxylic acids is 1.